The number of rotatable bonds is 7. The van der Waals surface area contributed by atoms with Gasteiger partial charge in [-0.1, -0.05) is 72.8 Å². The highest BCUT2D eigenvalue weighted by molar-refractivity contribution is 6.46. The molecule has 2 aliphatic rings. The highest BCUT2D eigenvalue weighted by Crippen LogP contribution is 2.42. The van der Waals surface area contributed by atoms with Crippen LogP contribution in [0.15, 0.2) is 109 Å². The second-order valence-corrected chi connectivity index (χ2v) is 9.61. The van der Waals surface area contributed by atoms with Crippen LogP contribution in [0.1, 0.15) is 28.3 Å². The Morgan fingerprint density at radius 3 is 2.15 bits per heavy atom. The van der Waals surface area contributed by atoms with E-state index >= 15 is 0 Å². The molecule has 40 heavy (non-hydrogen) atoms. The zero-order chi connectivity index (χ0) is 27.5. The number of nitrogens with zero attached hydrogens (tertiary/aromatic N) is 1. The normalized spacial score (nSPS) is 17.6. The Bertz CT molecular complexity index is 1560. The number of carbonyl (C=O) groups is 2. The number of aliphatic hydroxyl groups excluding tert-OH is 1. The Kier molecular flexibility index (Phi) is 6.93. The van der Waals surface area contributed by atoms with Gasteiger partial charge in [0.1, 0.15) is 31.3 Å². The maximum atomic E-state index is 13.4. The minimum absolute atomic E-state index is 0.0237. The number of benzene rings is 4. The molecular weight excluding hydrogens is 506 g/mol. The SMILES string of the molecule is O=C1C(=O)N(Cc2ccccc2)C(c2ccc(OCc3ccccc3)cc2)C1=C(O)c1ccc2c(c1)OCCO2. The molecule has 1 fully saturated rings. The second-order valence-electron chi connectivity index (χ2n) is 9.61. The van der Waals surface area contributed by atoms with Crippen molar-refractivity contribution in [3.63, 3.8) is 0 Å². The third kappa shape index (κ3) is 5.01. The molecule has 7 nitrogen and oxygen atoms in total. The Labute approximate surface area is 231 Å². The topological polar surface area (TPSA) is 85.3 Å². The van der Waals surface area contributed by atoms with Crippen molar-refractivity contribution in [2.24, 2.45) is 0 Å². The first-order valence-corrected chi connectivity index (χ1v) is 13.1. The molecule has 4 aromatic rings. The molecule has 0 bridgehead atoms. The van der Waals surface area contributed by atoms with Crippen molar-refractivity contribution in [1.29, 1.82) is 0 Å². The average molecular weight is 534 g/mol. The van der Waals surface area contributed by atoms with Gasteiger partial charge in [-0.05, 0) is 47.0 Å². The van der Waals surface area contributed by atoms with E-state index in [2.05, 4.69) is 0 Å². The van der Waals surface area contributed by atoms with Crippen LogP contribution in [0.4, 0.5) is 0 Å². The third-order valence-electron chi connectivity index (χ3n) is 7.00. The molecule has 1 amide bonds. The Morgan fingerprint density at radius 1 is 0.800 bits per heavy atom. The Hall–Kier alpha value is -5.04. The van der Waals surface area contributed by atoms with Crippen molar-refractivity contribution >= 4 is 17.4 Å². The fraction of sp³-hybridized carbons (Fsp3) is 0.152. The molecule has 1 unspecified atom stereocenters. The van der Waals surface area contributed by atoms with Crippen LogP contribution in [0.3, 0.4) is 0 Å². The molecule has 0 aliphatic carbocycles. The van der Waals surface area contributed by atoms with Gasteiger partial charge in [0.15, 0.2) is 11.5 Å². The first-order chi connectivity index (χ1) is 19.6. The van der Waals surface area contributed by atoms with Gasteiger partial charge in [-0.2, -0.15) is 0 Å². The van der Waals surface area contributed by atoms with E-state index in [0.717, 1.165) is 11.1 Å². The summed E-state index contributed by atoms with van der Waals surface area (Å²) in [7, 11) is 0. The maximum absolute atomic E-state index is 13.4. The van der Waals surface area contributed by atoms with E-state index in [1.54, 1.807) is 18.2 Å². The molecule has 2 heterocycles. The summed E-state index contributed by atoms with van der Waals surface area (Å²) in [6.07, 6.45) is 0. The fourth-order valence-corrected chi connectivity index (χ4v) is 5.00. The largest absolute Gasteiger partial charge is 0.507 e. The monoisotopic (exact) mass is 533 g/mol. The minimum atomic E-state index is -0.795. The Balaban J connectivity index is 1.37. The van der Waals surface area contributed by atoms with Gasteiger partial charge < -0.3 is 24.2 Å². The number of carbonyl (C=O) groups excluding carboxylic acids is 2. The lowest BCUT2D eigenvalue weighted by Crippen LogP contribution is -2.29. The van der Waals surface area contributed by atoms with Crippen LogP contribution in [0.2, 0.25) is 0 Å². The smallest absolute Gasteiger partial charge is 0.295 e. The van der Waals surface area contributed by atoms with E-state index in [1.165, 1.54) is 4.90 Å². The summed E-state index contributed by atoms with van der Waals surface area (Å²) >= 11 is 0. The van der Waals surface area contributed by atoms with Gasteiger partial charge in [-0.25, -0.2) is 0 Å². The predicted molar refractivity (Wildman–Crippen MR) is 149 cm³/mol. The quantitative estimate of drug-likeness (QED) is 0.188. The number of aliphatic hydroxyl groups is 1. The number of ketones is 1. The summed E-state index contributed by atoms with van der Waals surface area (Å²) in [6, 6.07) is 30.8. The lowest BCUT2D eigenvalue weighted by Gasteiger charge is -2.26. The summed E-state index contributed by atoms with van der Waals surface area (Å²) in [5.41, 5.74) is 2.99. The van der Waals surface area contributed by atoms with Crippen LogP contribution >= 0.6 is 0 Å². The molecule has 4 aromatic carbocycles. The molecule has 0 saturated carbocycles. The van der Waals surface area contributed by atoms with Crippen molar-refractivity contribution in [2.75, 3.05) is 13.2 Å². The summed E-state index contributed by atoms with van der Waals surface area (Å²) in [6.45, 7) is 1.45. The number of hydrogen-bond acceptors (Lipinski definition) is 6. The van der Waals surface area contributed by atoms with E-state index in [9.17, 15) is 14.7 Å². The van der Waals surface area contributed by atoms with E-state index < -0.39 is 17.7 Å². The molecule has 1 saturated heterocycles. The zero-order valence-electron chi connectivity index (χ0n) is 21.7. The summed E-state index contributed by atoms with van der Waals surface area (Å²) in [5, 5.41) is 11.4. The van der Waals surface area contributed by atoms with E-state index in [4.69, 9.17) is 14.2 Å². The third-order valence-corrected chi connectivity index (χ3v) is 7.00. The summed E-state index contributed by atoms with van der Waals surface area (Å²) < 4.78 is 17.2. The average Bonchev–Trinajstić information content (AvgIpc) is 3.25. The number of amides is 1. The van der Waals surface area contributed by atoms with Gasteiger partial charge in [0, 0.05) is 12.1 Å². The van der Waals surface area contributed by atoms with Crippen molar-refractivity contribution in [3.05, 3.63) is 131 Å². The highest BCUT2D eigenvalue weighted by Gasteiger charge is 2.46. The van der Waals surface area contributed by atoms with Gasteiger partial charge in [-0.15, -0.1) is 0 Å². The molecule has 0 radical (unpaired) electrons. The number of fused-ring (bicyclic) bond motifs is 1. The number of Topliss-reactive ketones (excluding diaryl/α,β-unsaturated/α-hetero) is 1. The molecule has 1 N–H and O–H groups in total. The second kappa shape index (κ2) is 11.0. The molecule has 200 valence electrons. The highest BCUT2D eigenvalue weighted by atomic mass is 16.6. The molecule has 6 rings (SSSR count). The number of hydrogen-bond donors (Lipinski definition) is 1. The van der Waals surface area contributed by atoms with Crippen LogP contribution in [-0.2, 0) is 22.7 Å². The summed E-state index contributed by atoms with van der Waals surface area (Å²) in [5.74, 6) is 0.0232. The van der Waals surface area contributed by atoms with Gasteiger partial charge in [0.05, 0.1) is 11.6 Å². The molecule has 0 spiro atoms. The minimum Gasteiger partial charge on any atom is -0.507 e. The van der Waals surface area contributed by atoms with E-state index in [-0.39, 0.29) is 17.9 Å². The maximum Gasteiger partial charge on any atom is 0.295 e. The van der Waals surface area contributed by atoms with Crippen molar-refractivity contribution in [2.45, 2.75) is 19.2 Å². The van der Waals surface area contributed by atoms with Gasteiger partial charge >= 0.3 is 0 Å². The first-order valence-electron chi connectivity index (χ1n) is 13.1. The van der Waals surface area contributed by atoms with Crippen LogP contribution in [0.5, 0.6) is 17.2 Å². The van der Waals surface area contributed by atoms with Crippen molar-refractivity contribution < 1.29 is 28.9 Å². The zero-order valence-corrected chi connectivity index (χ0v) is 21.7. The molecule has 7 heteroatoms. The Morgan fingerprint density at radius 2 is 1.45 bits per heavy atom. The van der Waals surface area contributed by atoms with Gasteiger partial charge in [0.2, 0.25) is 0 Å². The van der Waals surface area contributed by atoms with E-state index in [1.807, 2.05) is 84.9 Å². The first kappa shape index (κ1) is 25.2. The number of likely N-dealkylation sites (tertiary alicyclic amines) is 1. The van der Waals surface area contributed by atoms with Crippen molar-refractivity contribution in [3.8, 4) is 17.2 Å². The van der Waals surface area contributed by atoms with Gasteiger partial charge in [-0.3, -0.25) is 9.59 Å². The van der Waals surface area contributed by atoms with Gasteiger partial charge in [0.25, 0.3) is 11.7 Å². The molecule has 0 aromatic heterocycles. The summed E-state index contributed by atoms with van der Waals surface area (Å²) in [4.78, 5) is 28.3. The fourth-order valence-electron chi connectivity index (χ4n) is 5.00. The van der Waals surface area contributed by atoms with Crippen LogP contribution in [0, 0.1) is 0 Å². The predicted octanol–water partition coefficient (Wildman–Crippen LogP) is 5.66. The van der Waals surface area contributed by atoms with Crippen LogP contribution in [-0.4, -0.2) is 34.9 Å². The lowest BCUT2D eigenvalue weighted by molar-refractivity contribution is -0.140. The molecule has 1 atom stereocenters. The lowest BCUT2D eigenvalue weighted by atomic mass is 9.95. The van der Waals surface area contributed by atoms with Crippen molar-refractivity contribution in [1.82, 2.24) is 4.90 Å². The van der Waals surface area contributed by atoms with E-state index in [0.29, 0.717) is 48.2 Å². The standard InChI is InChI=1S/C33H27NO6/c35-31(25-13-16-27-28(19-25)39-18-17-38-27)29-30(34(33(37)32(29)36)20-22-7-3-1-4-8-22)24-11-14-26(15-12-24)40-21-23-9-5-2-6-10-23/h1-16,19,30,35H,17-18,20-21H2. The molecule has 2 aliphatic heterocycles. The molecular formula is C33H27NO6. The van der Waals surface area contributed by atoms with Crippen LogP contribution in [0.25, 0.3) is 5.76 Å². The van der Waals surface area contributed by atoms with Crippen LogP contribution < -0.4 is 14.2 Å². The number of ether oxygens (including phenoxy) is 3.